The molecule has 6 heteroatoms. The Labute approximate surface area is 177 Å². The second-order valence-corrected chi connectivity index (χ2v) is 7.64. The number of ether oxygens (including phenoxy) is 4. The topological polar surface area (TPSA) is 54.7 Å². The Balaban J connectivity index is 1.41. The Bertz CT molecular complexity index is 927. The number of nitrogens with zero attached hydrogens (tertiary/aromatic N) is 2. The second-order valence-electron chi connectivity index (χ2n) is 7.64. The number of rotatable bonds is 9. The van der Waals surface area contributed by atoms with Crippen molar-refractivity contribution >= 4 is 0 Å². The molecule has 2 heterocycles. The van der Waals surface area contributed by atoms with Gasteiger partial charge in [-0.2, -0.15) is 0 Å². The molecule has 1 saturated heterocycles. The smallest absolute Gasteiger partial charge is 0.187 e. The molecule has 3 aromatic rings. The van der Waals surface area contributed by atoms with Crippen molar-refractivity contribution in [3.05, 3.63) is 78.4 Å². The Kier molecular flexibility index (Phi) is 6.35. The van der Waals surface area contributed by atoms with Gasteiger partial charge in [-0.25, -0.2) is 4.98 Å². The van der Waals surface area contributed by atoms with E-state index < -0.39 is 5.79 Å². The highest BCUT2D eigenvalue weighted by atomic mass is 16.8. The van der Waals surface area contributed by atoms with E-state index in [-0.39, 0.29) is 6.10 Å². The lowest BCUT2D eigenvalue weighted by atomic mass is 10.0. The van der Waals surface area contributed by atoms with Crippen molar-refractivity contribution < 1.29 is 18.9 Å². The van der Waals surface area contributed by atoms with Crippen LogP contribution in [0, 0.1) is 6.92 Å². The van der Waals surface area contributed by atoms with Crippen LogP contribution in [0.2, 0.25) is 0 Å². The Hall–Kier alpha value is -2.83. The van der Waals surface area contributed by atoms with Gasteiger partial charge in [0.1, 0.15) is 12.7 Å². The standard InChI is InChI=1S/C24H28N2O4/c1-19-7-9-20(10-8-19)11-12-24(17-26-14-13-25-18-26)29-16-21(30-24)15-28-23-6-4-3-5-22(23)27-2/h3-10,13-14,18,21H,11-12,15-17H2,1-2H3. The molecule has 0 aliphatic carbocycles. The van der Waals surface area contributed by atoms with E-state index in [4.69, 9.17) is 18.9 Å². The van der Waals surface area contributed by atoms with E-state index in [1.165, 1.54) is 11.1 Å². The maximum atomic E-state index is 6.43. The van der Waals surface area contributed by atoms with Crippen molar-refractivity contribution in [3.8, 4) is 11.5 Å². The first-order valence-electron chi connectivity index (χ1n) is 10.2. The van der Waals surface area contributed by atoms with Gasteiger partial charge in [0.05, 0.1) is 26.6 Å². The van der Waals surface area contributed by atoms with Gasteiger partial charge in [0.25, 0.3) is 0 Å². The summed E-state index contributed by atoms with van der Waals surface area (Å²) in [7, 11) is 1.64. The lowest BCUT2D eigenvalue weighted by molar-refractivity contribution is -0.184. The van der Waals surface area contributed by atoms with Crippen LogP contribution in [0.4, 0.5) is 0 Å². The van der Waals surface area contributed by atoms with Gasteiger partial charge < -0.3 is 23.5 Å². The summed E-state index contributed by atoms with van der Waals surface area (Å²) in [6, 6.07) is 16.2. The summed E-state index contributed by atoms with van der Waals surface area (Å²) in [4.78, 5) is 4.15. The molecule has 2 unspecified atom stereocenters. The molecule has 2 aromatic carbocycles. The van der Waals surface area contributed by atoms with E-state index in [0.29, 0.717) is 31.3 Å². The molecule has 0 saturated carbocycles. The van der Waals surface area contributed by atoms with Crippen LogP contribution in [-0.4, -0.2) is 41.8 Å². The molecule has 0 spiro atoms. The van der Waals surface area contributed by atoms with Gasteiger partial charge in [0.2, 0.25) is 0 Å². The summed E-state index contributed by atoms with van der Waals surface area (Å²) in [5.41, 5.74) is 2.53. The number of methoxy groups -OCH3 is 1. The van der Waals surface area contributed by atoms with Crippen molar-refractivity contribution in [3.63, 3.8) is 0 Å². The maximum absolute atomic E-state index is 6.43. The second kappa shape index (κ2) is 9.32. The van der Waals surface area contributed by atoms with Gasteiger partial charge in [0, 0.05) is 18.8 Å². The fourth-order valence-electron chi connectivity index (χ4n) is 3.66. The molecule has 0 N–H and O–H groups in total. The highest BCUT2D eigenvalue weighted by Crippen LogP contribution is 2.32. The average Bonchev–Trinajstić information content (AvgIpc) is 3.43. The van der Waals surface area contributed by atoms with Crippen molar-refractivity contribution in [2.24, 2.45) is 0 Å². The first-order valence-corrected chi connectivity index (χ1v) is 10.2. The van der Waals surface area contributed by atoms with Crippen LogP contribution in [-0.2, 0) is 22.4 Å². The zero-order chi connectivity index (χ0) is 20.8. The van der Waals surface area contributed by atoms with E-state index in [1.54, 1.807) is 19.6 Å². The minimum Gasteiger partial charge on any atom is -0.493 e. The molecule has 0 bridgehead atoms. The normalized spacial score (nSPS) is 20.9. The van der Waals surface area contributed by atoms with E-state index in [2.05, 4.69) is 36.2 Å². The first-order chi connectivity index (χ1) is 14.7. The predicted molar refractivity (Wildman–Crippen MR) is 114 cm³/mol. The molecule has 30 heavy (non-hydrogen) atoms. The lowest BCUT2D eigenvalue weighted by Crippen LogP contribution is -2.37. The van der Waals surface area contributed by atoms with Crippen LogP contribution in [0.15, 0.2) is 67.3 Å². The fraction of sp³-hybridized carbons (Fsp3) is 0.375. The Morgan fingerprint density at radius 2 is 1.93 bits per heavy atom. The maximum Gasteiger partial charge on any atom is 0.187 e. The van der Waals surface area contributed by atoms with E-state index in [9.17, 15) is 0 Å². The molecule has 4 rings (SSSR count). The number of hydrogen-bond donors (Lipinski definition) is 0. The largest absolute Gasteiger partial charge is 0.493 e. The Morgan fingerprint density at radius 1 is 1.13 bits per heavy atom. The molecule has 1 aliphatic heterocycles. The van der Waals surface area contributed by atoms with Crippen molar-refractivity contribution in [2.75, 3.05) is 20.3 Å². The summed E-state index contributed by atoms with van der Waals surface area (Å²) < 4.78 is 26.0. The molecule has 2 atom stereocenters. The fourth-order valence-corrected chi connectivity index (χ4v) is 3.66. The third-order valence-electron chi connectivity index (χ3n) is 5.31. The molecule has 6 nitrogen and oxygen atoms in total. The van der Waals surface area contributed by atoms with Gasteiger partial charge >= 0.3 is 0 Å². The van der Waals surface area contributed by atoms with Gasteiger partial charge in [-0.1, -0.05) is 42.0 Å². The third kappa shape index (κ3) is 5.01. The molecule has 0 radical (unpaired) electrons. The molecular weight excluding hydrogens is 380 g/mol. The number of aromatic nitrogens is 2. The monoisotopic (exact) mass is 408 g/mol. The van der Waals surface area contributed by atoms with Crippen LogP contribution in [0.1, 0.15) is 17.5 Å². The number of benzene rings is 2. The minimum atomic E-state index is -0.708. The van der Waals surface area contributed by atoms with Crippen LogP contribution in [0.5, 0.6) is 11.5 Å². The summed E-state index contributed by atoms with van der Waals surface area (Å²) in [5.74, 6) is 0.705. The highest BCUT2D eigenvalue weighted by molar-refractivity contribution is 5.39. The van der Waals surface area contributed by atoms with Gasteiger partial charge in [0.15, 0.2) is 17.3 Å². The van der Waals surface area contributed by atoms with Crippen molar-refractivity contribution in [2.45, 2.75) is 38.2 Å². The number of hydrogen-bond acceptors (Lipinski definition) is 5. The summed E-state index contributed by atoms with van der Waals surface area (Å²) in [6.07, 6.45) is 6.95. The van der Waals surface area contributed by atoms with Gasteiger partial charge in [-0.05, 0) is 31.0 Å². The Morgan fingerprint density at radius 3 is 2.67 bits per heavy atom. The van der Waals surface area contributed by atoms with E-state index >= 15 is 0 Å². The average molecular weight is 408 g/mol. The van der Waals surface area contributed by atoms with Crippen LogP contribution in [0.3, 0.4) is 0 Å². The van der Waals surface area contributed by atoms with Crippen LogP contribution < -0.4 is 9.47 Å². The zero-order valence-electron chi connectivity index (χ0n) is 17.5. The first kappa shape index (κ1) is 20.4. The molecule has 1 aliphatic rings. The van der Waals surface area contributed by atoms with Crippen LogP contribution in [0.25, 0.3) is 0 Å². The number of aryl methyl sites for hydroxylation is 2. The quantitative estimate of drug-likeness (QED) is 0.535. The van der Waals surface area contributed by atoms with Gasteiger partial charge in [-0.15, -0.1) is 0 Å². The van der Waals surface area contributed by atoms with Crippen molar-refractivity contribution in [1.29, 1.82) is 0 Å². The van der Waals surface area contributed by atoms with Gasteiger partial charge in [-0.3, -0.25) is 0 Å². The molecule has 1 aromatic heterocycles. The summed E-state index contributed by atoms with van der Waals surface area (Å²) in [6.45, 7) is 3.57. The summed E-state index contributed by atoms with van der Waals surface area (Å²) >= 11 is 0. The third-order valence-corrected chi connectivity index (χ3v) is 5.31. The summed E-state index contributed by atoms with van der Waals surface area (Å²) in [5, 5.41) is 0. The van der Waals surface area contributed by atoms with E-state index in [1.807, 2.05) is 35.0 Å². The van der Waals surface area contributed by atoms with Crippen molar-refractivity contribution in [1.82, 2.24) is 9.55 Å². The SMILES string of the molecule is COc1ccccc1OCC1COC(CCc2ccc(C)cc2)(Cn2ccnc2)O1. The highest BCUT2D eigenvalue weighted by Gasteiger charge is 2.42. The predicted octanol–water partition coefficient (Wildman–Crippen LogP) is 4.02. The zero-order valence-corrected chi connectivity index (χ0v) is 17.5. The van der Waals surface area contributed by atoms with Crippen LogP contribution >= 0.6 is 0 Å². The molecule has 1 fully saturated rings. The molecular formula is C24H28N2O4. The molecule has 158 valence electrons. The lowest BCUT2D eigenvalue weighted by Gasteiger charge is -2.28. The number of para-hydroxylation sites is 2. The molecule has 0 amide bonds. The minimum absolute atomic E-state index is 0.156. The van der Waals surface area contributed by atoms with E-state index in [0.717, 1.165) is 12.8 Å². The number of imidazole rings is 1.